The van der Waals surface area contributed by atoms with Gasteiger partial charge in [0, 0.05) is 6.54 Å². The first kappa shape index (κ1) is 15.1. The highest BCUT2D eigenvalue weighted by atomic mass is 16.5. The third-order valence-electron chi connectivity index (χ3n) is 2.93. The lowest BCUT2D eigenvalue weighted by molar-refractivity contribution is 0.339. The van der Waals surface area contributed by atoms with Crippen molar-refractivity contribution in [2.45, 2.75) is 27.2 Å². The molecule has 1 heterocycles. The predicted molar refractivity (Wildman–Crippen MR) is 83.2 cm³/mol. The SMILES string of the molecule is CCCNc1ncnc(Oc2ccc(OCC)cc2)c1C. The zero-order chi connectivity index (χ0) is 15.1. The molecule has 5 nitrogen and oxygen atoms in total. The van der Waals surface area contributed by atoms with Gasteiger partial charge in [0.1, 0.15) is 23.6 Å². The van der Waals surface area contributed by atoms with E-state index in [9.17, 15) is 0 Å². The van der Waals surface area contributed by atoms with Gasteiger partial charge in [0.15, 0.2) is 0 Å². The summed E-state index contributed by atoms with van der Waals surface area (Å²) in [6.45, 7) is 7.54. The average Bonchev–Trinajstić information content (AvgIpc) is 2.50. The molecule has 112 valence electrons. The van der Waals surface area contributed by atoms with Crippen LogP contribution in [-0.4, -0.2) is 23.1 Å². The van der Waals surface area contributed by atoms with Crippen LogP contribution in [0.2, 0.25) is 0 Å². The largest absolute Gasteiger partial charge is 0.494 e. The highest BCUT2D eigenvalue weighted by molar-refractivity contribution is 5.48. The van der Waals surface area contributed by atoms with E-state index in [1.807, 2.05) is 38.1 Å². The third-order valence-corrected chi connectivity index (χ3v) is 2.93. The summed E-state index contributed by atoms with van der Waals surface area (Å²) in [6, 6.07) is 7.49. The van der Waals surface area contributed by atoms with Gasteiger partial charge < -0.3 is 14.8 Å². The number of hydrogen-bond donors (Lipinski definition) is 1. The standard InChI is InChI=1S/C16H21N3O2/c1-4-10-17-15-12(3)16(19-11-18-15)21-14-8-6-13(7-9-14)20-5-2/h6-9,11H,4-5,10H2,1-3H3,(H,17,18,19). The van der Waals surface area contributed by atoms with Crippen LogP contribution >= 0.6 is 0 Å². The first-order valence-corrected chi connectivity index (χ1v) is 7.20. The van der Waals surface area contributed by atoms with Crippen molar-refractivity contribution in [1.82, 2.24) is 9.97 Å². The van der Waals surface area contributed by atoms with E-state index in [2.05, 4.69) is 22.2 Å². The average molecular weight is 287 g/mol. The van der Waals surface area contributed by atoms with Crippen molar-refractivity contribution >= 4 is 5.82 Å². The number of nitrogens with one attached hydrogen (secondary N) is 1. The molecule has 1 aromatic heterocycles. The Morgan fingerprint density at radius 2 is 1.76 bits per heavy atom. The third kappa shape index (κ3) is 4.08. The topological polar surface area (TPSA) is 56.3 Å². The Balaban J connectivity index is 2.11. The zero-order valence-corrected chi connectivity index (χ0v) is 12.7. The second kappa shape index (κ2) is 7.47. The molecule has 0 atom stereocenters. The maximum Gasteiger partial charge on any atom is 0.227 e. The van der Waals surface area contributed by atoms with Crippen LogP contribution in [0.1, 0.15) is 25.8 Å². The quantitative estimate of drug-likeness (QED) is 0.839. The summed E-state index contributed by atoms with van der Waals surface area (Å²) in [4.78, 5) is 8.43. The number of benzene rings is 1. The molecule has 0 fully saturated rings. The van der Waals surface area contributed by atoms with Gasteiger partial charge in [-0.25, -0.2) is 9.97 Å². The number of anilines is 1. The van der Waals surface area contributed by atoms with Crippen LogP contribution in [0, 0.1) is 6.92 Å². The molecule has 0 radical (unpaired) electrons. The van der Waals surface area contributed by atoms with Gasteiger partial charge in [0.05, 0.1) is 12.2 Å². The highest BCUT2D eigenvalue weighted by Gasteiger charge is 2.08. The maximum atomic E-state index is 5.82. The minimum atomic E-state index is 0.563. The highest BCUT2D eigenvalue weighted by Crippen LogP contribution is 2.27. The van der Waals surface area contributed by atoms with Crippen LogP contribution < -0.4 is 14.8 Å². The lowest BCUT2D eigenvalue weighted by Crippen LogP contribution is -2.05. The Kier molecular flexibility index (Phi) is 5.37. The molecule has 0 unspecified atom stereocenters. The van der Waals surface area contributed by atoms with Gasteiger partial charge in [-0.15, -0.1) is 0 Å². The molecule has 0 saturated heterocycles. The predicted octanol–water partition coefficient (Wildman–Crippen LogP) is 3.80. The molecule has 0 amide bonds. The molecule has 0 bridgehead atoms. The van der Waals surface area contributed by atoms with E-state index in [1.54, 1.807) is 0 Å². The maximum absolute atomic E-state index is 5.82. The van der Waals surface area contributed by atoms with Crippen molar-refractivity contribution in [2.24, 2.45) is 0 Å². The molecule has 21 heavy (non-hydrogen) atoms. The van der Waals surface area contributed by atoms with Crippen molar-refractivity contribution in [3.63, 3.8) is 0 Å². The van der Waals surface area contributed by atoms with Gasteiger partial charge in [-0.1, -0.05) is 6.92 Å². The minimum absolute atomic E-state index is 0.563. The van der Waals surface area contributed by atoms with E-state index in [0.29, 0.717) is 12.5 Å². The molecule has 2 rings (SSSR count). The molecule has 5 heteroatoms. The van der Waals surface area contributed by atoms with E-state index in [-0.39, 0.29) is 0 Å². The molecule has 2 aromatic rings. The van der Waals surface area contributed by atoms with Crippen LogP contribution in [0.5, 0.6) is 17.4 Å². The van der Waals surface area contributed by atoms with Crippen molar-refractivity contribution < 1.29 is 9.47 Å². The van der Waals surface area contributed by atoms with Crippen LogP contribution in [0.15, 0.2) is 30.6 Å². The number of nitrogens with zero attached hydrogens (tertiary/aromatic N) is 2. The second-order valence-electron chi connectivity index (χ2n) is 4.59. The number of rotatable bonds is 7. The van der Waals surface area contributed by atoms with Gasteiger partial charge in [0.2, 0.25) is 5.88 Å². The lowest BCUT2D eigenvalue weighted by Gasteiger charge is -2.12. The van der Waals surface area contributed by atoms with Gasteiger partial charge in [0.25, 0.3) is 0 Å². The number of hydrogen-bond acceptors (Lipinski definition) is 5. The van der Waals surface area contributed by atoms with Gasteiger partial charge >= 0.3 is 0 Å². The summed E-state index contributed by atoms with van der Waals surface area (Å²) in [5.74, 6) is 2.93. The number of ether oxygens (including phenoxy) is 2. The molecule has 0 aliphatic carbocycles. The van der Waals surface area contributed by atoms with Crippen LogP contribution in [0.25, 0.3) is 0 Å². The van der Waals surface area contributed by atoms with Crippen molar-refractivity contribution in [3.8, 4) is 17.4 Å². The summed E-state index contributed by atoms with van der Waals surface area (Å²) in [5, 5.41) is 3.26. The van der Waals surface area contributed by atoms with Crippen molar-refractivity contribution in [3.05, 3.63) is 36.2 Å². The van der Waals surface area contributed by atoms with Crippen LogP contribution in [-0.2, 0) is 0 Å². The molecular formula is C16H21N3O2. The monoisotopic (exact) mass is 287 g/mol. The summed E-state index contributed by atoms with van der Waals surface area (Å²) in [6.07, 6.45) is 2.55. The van der Waals surface area contributed by atoms with E-state index in [1.165, 1.54) is 6.33 Å². The van der Waals surface area contributed by atoms with E-state index >= 15 is 0 Å². The van der Waals surface area contributed by atoms with E-state index < -0.39 is 0 Å². The Hall–Kier alpha value is -2.30. The fraction of sp³-hybridized carbons (Fsp3) is 0.375. The molecule has 0 saturated carbocycles. The Morgan fingerprint density at radius 1 is 1.05 bits per heavy atom. The summed E-state index contributed by atoms with van der Waals surface area (Å²) >= 11 is 0. The zero-order valence-electron chi connectivity index (χ0n) is 12.7. The fourth-order valence-corrected chi connectivity index (χ4v) is 1.84. The van der Waals surface area contributed by atoms with E-state index in [0.717, 1.165) is 35.8 Å². The van der Waals surface area contributed by atoms with Crippen LogP contribution in [0.3, 0.4) is 0 Å². The molecular weight excluding hydrogens is 266 g/mol. The van der Waals surface area contributed by atoms with Crippen molar-refractivity contribution in [1.29, 1.82) is 0 Å². The smallest absolute Gasteiger partial charge is 0.227 e. The Bertz CT molecular complexity index is 570. The minimum Gasteiger partial charge on any atom is -0.494 e. The Morgan fingerprint density at radius 3 is 2.43 bits per heavy atom. The molecule has 1 N–H and O–H groups in total. The normalized spacial score (nSPS) is 10.2. The fourth-order valence-electron chi connectivity index (χ4n) is 1.84. The lowest BCUT2D eigenvalue weighted by atomic mass is 10.3. The molecule has 0 aliphatic rings. The first-order chi connectivity index (χ1) is 10.2. The summed E-state index contributed by atoms with van der Waals surface area (Å²) in [5.41, 5.74) is 0.903. The first-order valence-electron chi connectivity index (χ1n) is 7.20. The molecule has 1 aromatic carbocycles. The van der Waals surface area contributed by atoms with Gasteiger partial charge in [-0.05, 0) is 44.5 Å². The molecule has 0 aliphatic heterocycles. The van der Waals surface area contributed by atoms with Crippen molar-refractivity contribution in [2.75, 3.05) is 18.5 Å². The molecule has 0 spiro atoms. The van der Waals surface area contributed by atoms with E-state index in [4.69, 9.17) is 9.47 Å². The van der Waals surface area contributed by atoms with Crippen LogP contribution in [0.4, 0.5) is 5.82 Å². The summed E-state index contributed by atoms with van der Waals surface area (Å²) in [7, 11) is 0. The number of aromatic nitrogens is 2. The second-order valence-corrected chi connectivity index (χ2v) is 4.59. The van der Waals surface area contributed by atoms with Gasteiger partial charge in [-0.3, -0.25) is 0 Å². The Labute approximate surface area is 125 Å². The van der Waals surface area contributed by atoms with Gasteiger partial charge in [-0.2, -0.15) is 0 Å². The summed E-state index contributed by atoms with van der Waals surface area (Å²) < 4.78 is 11.2.